The molecule has 0 aliphatic carbocycles. The van der Waals surface area contributed by atoms with Crippen molar-refractivity contribution in [1.29, 1.82) is 0 Å². The summed E-state index contributed by atoms with van der Waals surface area (Å²) in [5.41, 5.74) is 0. The lowest BCUT2D eigenvalue weighted by molar-refractivity contribution is 0.0925. The van der Waals surface area contributed by atoms with Crippen LogP contribution in [0.1, 0.15) is 37.6 Å². The topological polar surface area (TPSA) is 55.8 Å². The highest BCUT2D eigenvalue weighted by Crippen LogP contribution is 2.14. The second-order valence-electron chi connectivity index (χ2n) is 7.62. The molecule has 7 heteroatoms. The van der Waals surface area contributed by atoms with Gasteiger partial charge in [0.05, 0.1) is 11.6 Å². The molecule has 1 atom stereocenters. The Hall–Kier alpha value is -1.18. The minimum atomic E-state index is 0.500. The molecule has 0 saturated carbocycles. The highest BCUT2D eigenvalue weighted by molar-refractivity contribution is 7.11. The second-order valence-corrected chi connectivity index (χ2v) is 8.82. The number of aryl methyl sites for hydroxylation is 1. The average Bonchev–Trinajstić information content (AvgIpc) is 3.11. The summed E-state index contributed by atoms with van der Waals surface area (Å²) in [5.74, 6) is 1.52. The van der Waals surface area contributed by atoms with E-state index in [1.54, 1.807) is 0 Å². The van der Waals surface area contributed by atoms with Crippen LogP contribution in [0.2, 0.25) is 0 Å². The Morgan fingerprint density at radius 1 is 1.22 bits per heavy atom. The zero-order valence-corrected chi connectivity index (χ0v) is 18.6. The third kappa shape index (κ3) is 7.39. The molecule has 1 aromatic rings. The lowest BCUT2D eigenvalue weighted by atomic mass is 10.0. The third-order valence-electron chi connectivity index (χ3n) is 5.14. The first-order valence-corrected chi connectivity index (χ1v) is 11.2. The third-order valence-corrected chi connectivity index (χ3v) is 6.34. The zero-order chi connectivity index (χ0) is 19.6. The van der Waals surface area contributed by atoms with Gasteiger partial charge in [-0.15, -0.1) is 11.3 Å². The Morgan fingerprint density at radius 2 is 1.96 bits per heavy atom. The molecule has 6 nitrogen and oxygen atoms in total. The summed E-state index contributed by atoms with van der Waals surface area (Å²) in [4.78, 5) is 15.8. The number of hydrogen-bond acceptors (Lipinski definition) is 5. The highest BCUT2D eigenvalue weighted by atomic mass is 32.1. The standard InChI is InChI=1S/C20H38N6S/c1-6-17-14-23-19(27-17)8-9-22-20(21-7-2)24-15-18(16(3)4)26-12-10-25(5)11-13-26/h14,16,18H,6-13,15H2,1-5H3,(H2,21,22,24). The van der Waals surface area contributed by atoms with Crippen molar-refractivity contribution in [3.63, 3.8) is 0 Å². The van der Waals surface area contributed by atoms with Gasteiger partial charge in [-0.3, -0.25) is 9.89 Å². The van der Waals surface area contributed by atoms with E-state index >= 15 is 0 Å². The Balaban J connectivity index is 1.87. The minimum Gasteiger partial charge on any atom is -0.357 e. The van der Waals surface area contributed by atoms with Gasteiger partial charge in [-0.1, -0.05) is 20.8 Å². The lowest BCUT2D eigenvalue weighted by Gasteiger charge is -2.39. The molecule has 1 saturated heterocycles. The zero-order valence-electron chi connectivity index (χ0n) is 17.8. The molecule has 2 heterocycles. The summed E-state index contributed by atoms with van der Waals surface area (Å²) in [6.07, 6.45) is 4.02. The van der Waals surface area contributed by atoms with Crippen LogP contribution in [-0.4, -0.2) is 79.6 Å². The molecule has 0 radical (unpaired) electrons. The van der Waals surface area contributed by atoms with Crippen LogP contribution in [0.5, 0.6) is 0 Å². The first kappa shape index (κ1) is 22.1. The molecular formula is C20H38N6S. The Morgan fingerprint density at radius 3 is 2.56 bits per heavy atom. The van der Waals surface area contributed by atoms with Gasteiger partial charge in [0.25, 0.3) is 0 Å². The summed E-state index contributed by atoms with van der Waals surface area (Å²) in [5, 5.41) is 8.07. The van der Waals surface area contributed by atoms with Crippen LogP contribution in [0.15, 0.2) is 11.2 Å². The molecule has 0 spiro atoms. The summed E-state index contributed by atoms with van der Waals surface area (Å²) < 4.78 is 0. The number of nitrogens with zero attached hydrogens (tertiary/aromatic N) is 4. The van der Waals surface area contributed by atoms with Gasteiger partial charge in [0.2, 0.25) is 0 Å². The molecule has 0 aromatic carbocycles. The van der Waals surface area contributed by atoms with Crippen LogP contribution in [0.25, 0.3) is 0 Å². The van der Waals surface area contributed by atoms with E-state index in [4.69, 9.17) is 4.99 Å². The van der Waals surface area contributed by atoms with Gasteiger partial charge < -0.3 is 15.5 Å². The van der Waals surface area contributed by atoms with E-state index in [9.17, 15) is 0 Å². The maximum atomic E-state index is 4.90. The molecule has 1 aromatic heterocycles. The number of thiazole rings is 1. The van der Waals surface area contributed by atoms with Crippen molar-refractivity contribution in [2.24, 2.45) is 10.9 Å². The van der Waals surface area contributed by atoms with E-state index < -0.39 is 0 Å². The summed E-state index contributed by atoms with van der Waals surface area (Å²) in [6.45, 7) is 16.1. The predicted molar refractivity (Wildman–Crippen MR) is 117 cm³/mol. The first-order valence-electron chi connectivity index (χ1n) is 10.4. The van der Waals surface area contributed by atoms with Crippen LogP contribution >= 0.6 is 11.3 Å². The smallest absolute Gasteiger partial charge is 0.191 e. The number of guanidine groups is 1. The van der Waals surface area contributed by atoms with Gasteiger partial charge in [0.15, 0.2) is 5.96 Å². The fraction of sp³-hybridized carbons (Fsp3) is 0.800. The minimum absolute atomic E-state index is 0.500. The van der Waals surface area contributed by atoms with E-state index in [0.717, 1.165) is 64.6 Å². The predicted octanol–water partition coefficient (Wildman–Crippen LogP) is 2.08. The maximum Gasteiger partial charge on any atom is 0.191 e. The molecule has 2 N–H and O–H groups in total. The van der Waals surface area contributed by atoms with Crippen LogP contribution in [-0.2, 0) is 12.8 Å². The molecule has 1 fully saturated rings. The van der Waals surface area contributed by atoms with Gasteiger partial charge in [-0.2, -0.15) is 0 Å². The molecular weight excluding hydrogens is 356 g/mol. The first-order chi connectivity index (χ1) is 13.0. The number of piperazine rings is 1. The van der Waals surface area contributed by atoms with E-state index in [0.29, 0.717) is 12.0 Å². The van der Waals surface area contributed by atoms with E-state index in [2.05, 4.69) is 60.2 Å². The number of aromatic nitrogens is 1. The summed E-state index contributed by atoms with van der Waals surface area (Å²) >= 11 is 1.82. The molecule has 0 amide bonds. The fourth-order valence-corrected chi connectivity index (χ4v) is 4.20. The van der Waals surface area contributed by atoms with E-state index in [1.807, 2.05) is 17.5 Å². The quantitative estimate of drug-likeness (QED) is 0.496. The van der Waals surface area contributed by atoms with Crippen molar-refractivity contribution in [3.8, 4) is 0 Å². The van der Waals surface area contributed by atoms with Crippen molar-refractivity contribution >= 4 is 17.3 Å². The van der Waals surface area contributed by atoms with Crippen LogP contribution in [0.3, 0.4) is 0 Å². The summed E-state index contributed by atoms with van der Waals surface area (Å²) in [7, 11) is 2.21. The van der Waals surface area contributed by atoms with Crippen molar-refractivity contribution < 1.29 is 0 Å². The number of rotatable bonds is 9. The van der Waals surface area contributed by atoms with Gasteiger partial charge in [0.1, 0.15) is 0 Å². The van der Waals surface area contributed by atoms with Crippen LogP contribution < -0.4 is 10.6 Å². The Labute approximate surface area is 169 Å². The van der Waals surface area contributed by atoms with Crippen molar-refractivity contribution in [2.45, 2.75) is 46.6 Å². The maximum absolute atomic E-state index is 4.90. The average molecular weight is 395 g/mol. The Bertz CT molecular complexity index is 563. The number of aliphatic imine (C=N–C) groups is 1. The normalized spacial score (nSPS) is 18.1. The molecule has 1 aliphatic rings. The van der Waals surface area contributed by atoms with Crippen LogP contribution in [0, 0.1) is 5.92 Å². The van der Waals surface area contributed by atoms with Crippen molar-refractivity contribution in [1.82, 2.24) is 25.4 Å². The van der Waals surface area contributed by atoms with E-state index in [1.165, 1.54) is 9.88 Å². The van der Waals surface area contributed by atoms with Crippen molar-refractivity contribution in [2.75, 3.05) is 52.9 Å². The highest BCUT2D eigenvalue weighted by Gasteiger charge is 2.24. The summed E-state index contributed by atoms with van der Waals surface area (Å²) in [6, 6.07) is 0.500. The second kappa shape index (κ2) is 11.6. The van der Waals surface area contributed by atoms with Gasteiger partial charge in [0, 0.05) is 62.8 Å². The molecule has 1 unspecified atom stereocenters. The molecule has 2 rings (SSSR count). The largest absolute Gasteiger partial charge is 0.357 e. The van der Waals surface area contributed by atoms with Crippen LogP contribution in [0.4, 0.5) is 0 Å². The monoisotopic (exact) mass is 394 g/mol. The number of nitrogens with one attached hydrogen (secondary N) is 2. The number of hydrogen-bond donors (Lipinski definition) is 2. The lowest BCUT2D eigenvalue weighted by Crippen LogP contribution is -2.52. The Kier molecular flexibility index (Phi) is 9.51. The number of likely N-dealkylation sites (N-methyl/N-ethyl adjacent to an activating group) is 1. The SMILES string of the molecule is CCNC(=NCC(C(C)C)N1CCN(C)CC1)NCCc1ncc(CC)s1. The molecule has 0 bridgehead atoms. The fourth-order valence-electron chi connectivity index (χ4n) is 3.34. The molecule has 1 aliphatic heterocycles. The molecule has 154 valence electrons. The van der Waals surface area contributed by atoms with Gasteiger partial charge in [-0.25, -0.2) is 4.98 Å². The van der Waals surface area contributed by atoms with Gasteiger partial charge in [-0.05, 0) is 26.3 Å². The molecule has 27 heavy (non-hydrogen) atoms. The van der Waals surface area contributed by atoms with Crippen molar-refractivity contribution in [3.05, 3.63) is 16.1 Å². The van der Waals surface area contributed by atoms with E-state index in [-0.39, 0.29) is 0 Å². The van der Waals surface area contributed by atoms with Gasteiger partial charge >= 0.3 is 0 Å².